The van der Waals surface area contributed by atoms with Crippen LogP contribution in [-0.2, 0) is 4.52 Å². The first kappa shape index (κ1) is 21.1. The number of nitrogens with zero attached hydrogens (tertiary/aromatic N) is 2. The summed E-state index contributed by atoms with van der Waals surface area (Å²) in [6.45, 7) is 9.61. The fraction of sp³-hybridized carbons (Fsp3) is 0.400. The molecule has 0 fully saturated rings. The molecule has 0 spiro atoms. The standard InChI is InChI=1S/C20H27N4O4P/c1-11-7-16(8-18(27-6)20(11)25)19(29(26)24-12(2)14(4)28-29)10-22-17-9-21-15(5)23-13(17)3/h7-9,19,22,24,26H,10H2,1-6H3/p+1. The van der Waals surface area contributed by atoms with Gasteiger partial charge in [0.05, 0.1) is 36.9 Å². The molecule has 1 aliphatic heterocycles. The molecule has 0 amide bonds. The van der Waals surface area contributed by atoms with Gasteiger partial charge in [0.15, 0.2) is 22.9 Å². The van der Waals surface area contributed by atoms with Gasteiger partial charge in [-0.05, 0) is 45.4 Å². The third kappa shape index (κ3) is 4.23. The molecule has 0 saturated heterocycles. The van der Waals surface area contributed by atoms with E-state index in [-0.39, 0.29) is 5.75 Å². The molecule has 156 valence electrons. The number of hydrogen-bond acceptors (Lipinski definition) is 8. The van der Waals surface area contributed by atoms with Crippen molar-refractivity contribution in [3.8, 4) is 11.5 Å². The van der Waals surface area contributed by atoms with Crippen LogP contribution in [0.2, 0.25) is 0 Å². The van der Waals surface area contributed by atoms with Gasteiger partial charge >= 0.3 is 7.87 Å². The first-order valence-electron chi connectivity index (χ1n) is 9.33. The summed E-state index contributed by atoms with van der Waals surface area (Å²) in [5.74, 6) is 1.81. The minimum atomic E-state index is -3.06. The number of hydrogen-bond donors (Lipinski definition) is 4. The van der Waals surface area contributed by atoms with Crippen LogP contribution in [0.5, 0.6) is 11.5 Å². The van der Waals surface area contributed by atoms with Crippen LogP contribution >= 0.6 is 7.87 Å². The van der Waals surface area contributed by atoms with E-state index in [0.29, 0.717) is 29.4 Å². The van der Waals surface area contributed by atoms with Crippen molar-refractivity contribution in [2.45, 2.75) is 40.3 Å². The maximum atomic E-state index is 11.4. The predicted octanol–water partition coefficient (Wildman–Crippen LogP) is 3.90. The maximum Gasteiger partial charge on any atom is 0.422 e. The average Bonchev–Trinajstić information content (AvgIpc) is 2.92. The average molecular weight is 419 g/mol. The second-order valence-corrected chi connectivity index (χ2v) is 9.48. The molecule has 1 aliphatic rings. The summed E-state index contributed by atoms with van der Waals surface area (Å²) in [6.07, 6.45) is 1.73. The smallest absolute Gasteiger partial charge is 0.422 e. The van der Waals surface area contributed by atoms with Crippen LogP contribution in [0.25, 0.3) is 0 Å². The van der Waals surface area contributed by atoms with Gasteiger partial charge in [0, 0.05) is 12.5 Å². The molecule has 0 bridgehead atoms. The second-order valence-electron chi connectivity index (χ2n) is 7.21. The Labute approximate surface area is 171 Å². The zero-order chi connectivity index (χ0) is 21.3. The van der Waals surface area contributed by atoms with Crippen molar-refractivity contribution < 1.29 is 19.3 Å². The second kappa shape index (κ2) is 8.05. The highest BCUT2D eigenvalue weighted by atomic mass is 31.2. The molecule has 0 saturated carbocycles. The summed E-state index contributed by atoms with van der Waals surface area (Å²) in [7, 11) is -1.55. The van der Waals surface area contributed by atoms with Crippen LogP contribution in [0.3, 0.4) is 0 Å². The van der Waals surface area contributed by atoms with Crippen molar-refractivity contribution in [2.75, 3.05) is 19.0 Å². The van der Waals surface area contributed by atoms with Crippen LogP contribution in [0, 0.1) is 20.8 Å². The normalized spacial score (nSPS) is 19.6. The fourth-order valence-electron chi connectivity index (χ4n) is 3.29. The van der Waals surface area contributed by atoms with Crippen molar-refractivity contribution >= 4 is 13.6 Å². The molecule has 8 nitrogen and oxygen atoms in total. The highest BCUT2D eigenvalue weighted by Gasteiger charge is 2.54. The molecule has 4 N–H and O–H groups in total. The van der Waals surface area contributed by atoms with E-state index < -0.39 is 13.5 Å². The van der Waals surface area contributed by atoms with Gasteiger partial charge in [0.25, 0.3) is 0 Å². The molecule has 2 atom stereocenters. The molecule has 9 heteroatoms. The third-order valence-corrected chi connectivity index (χ3v) is 7.57. The van der Waals surface area contributed by atoms with E-state index in [1.165, 1.54) is 7.11 Å². The molecule has 29 heavy (non-hydrogen) atoms. The zero-order valence-corrected chi connectivity index (χ0v) is 18.5. The molecule has 0 radical (unpaired) electrons. The van der Waals surface area contributed by atoms with Crippen LogP contribution in [-0.4, -0.2) is 33.6 Å². The van der Waals surface area contributed by atoms with E-state index in [9.17, 15) is 10.00 Å². The van der Waals surface area contributed by atoms with Crippen LogP contribution in [0.1, 0.15) is 42.2 Å². The van der Waals surface area contributed by atoms with Crippen LogP contribution in [0.4, 0.5) is 5.69 Å². The highest BCUT2D eigenvalue weighted by Crippen LogP contribution is 2.69. The number of ether oxygens (including phenoxy) is 1. The summed E-state index contributed by atoms with van der Waals surface area (Å²) in [6, 6.07) is 3.58. The maximum absolute atomic E-state index is 11.4. The van der Waals surface area contributed by atoms with Crippen molar-refractivity contribution in [3.05, 3.63) is 52.4 Å². The number of nitrogens with one attached hydrogen (secondary N) is 2. The molecular weight excluding hydrogens is 391 g/mol. The van der Waals surface area contributed by atoms with Gasteiger partial charge in [-0.3, -0.25) is 4.52 Å². The third-order valence-electron chi connectivity index (χ3n) is 5.03. The lowest BCUT2D eigenvalue weighted by Gasteiger charge is -2.25. The van der Waals surface area contributed by atoms with Crippen LogP contribution in [0.15, 0.2) is 29.8 Å². The number of benzene rings is 1. The number of methoxy groups -OCH3 is 1. The Balaban J connectivity index is 1.98. The first-order chi connectivity index (χ1) is 13.6. The number of aromatic hydroxyl groups is 1. The molecular formula is C20H28N4O4P+. The minimum absolute atomic E-state index is 0.0850. The summed E-state index contributed by atoms with van der Waals surface area (Å²) in [4.78, 5) is 20.1. The van der Waals surface area contributed by atoms with Gasteiger partial charge < -0.3 is 15.2 Å². The Hall–Kier alpha value is -2.57. The van der Waals surface area contributed by atoms with E-state index in [2.05, 4.69) is 20.4 Å². The van der Waals surface area contributed by atoms with E-state index in [0.717, 1.165) is 22.6 Å². The van der Waals surface area contributed by atoms with Crippen molar-refractivity contribution in [1.29, 1.82) is 0 Å². The van der Waals surface area contributed by atoms with Crippen molar-refractivity contribution in [3.63, 3.8) is 0 Å². The molecule has 2 aromatic rings. The van der Waals surface area contributed by atoms with E-state index in [1.807, 2.05) is 33.8 Å². The van der Waals surface area contributed by atoms with E-state index in [4.69, 9.17) is 9.26 Å². The monoisotopic (exact) mass is 419 g/mol. The van der Waals surface area contributed by atoms with Gasteiger partial charge in [-0.1, -0.05) is 0 Å². The number of aromatic nitrogens is 2. The number of phenolic OH excluding ortho intramolecular Hbond substituents is 1. The predicted molar refractivity (Wildman–Crippen MR) is 114 cm³/mol. The van der Waals surface area contributed by atoms with Crippen molar-refractivity contribution in [2.24, 2.45) is 0 Å². The van der Waals surface area contributed by atoms with Gasteiger partial charge in [-0.2, -0.15) is 4.89 Å². The lowest BCUT2D eigenvalue weighted by molar-refractivity contribution is 0.367. The molecule has 3 rings (SSSR count). The van der Waals surface area contributed by atoms with E-state index in [1.54, 1.807) is 19.2 Å². The van der Waals surface area contributed by atoms with Gasteiger partial charge in [0.1, 0.15) is 5.82 Å². The topological polar surface area (TPSA) is 109 Å². The van der Waals surface area contributed by atoms with Crippen molar-refractivity contribution in [1.82, 2.24) is 15.1 Å². The Morgan fingerprint density at radius 1 is 1.24 bits per heavy atom. The largest absolute Gasteiger partial charge is 0.504 e. The molecule has 0 aliphatic carbocycles. The number of rotatable bonds is 6. The highest BCUT2D eigenvalue weighted by molar-refractivity contribution is 7.64. The lowest BCUT2D eigenvalue weighted by Crippen LogP contribution is -2.23. The molecule has 2 heterocycles. The molecule has 1 aromatic heterocycles. The number of anilines is 1. The summed E-state index contributed by atoms with van der Waals surface area (Å²) in [5.41, 5.74) is 3.45. The lowest BCUT2D eigenvalue weighted by atomic mass is 10.1. The van der Waals surface area contributed by atoms with Crippen LogP contribution < -0.4 is 15.1 Å². The first-order valence-corrected chi connectivity index (χ1v) is 11.1. The number of allylic oxidation sites excluding steroid dienone is 2. The van der Waals surface area contributed by atoms with Gasteiger partial charge in [-0.25, -0.2) is 15.1 Å². The fourth-order valence-corrected chi connectivity index (χ4v) is 5.70. The number of aryl methyl sites for hydroxylation is 3. The summed E-state index contributed by atoms with van der Waals surface area (Å²) in [5, 5.41) is 16.7. The Kier molecular flexibility index (Phi) is 5.87. The van der Waals surface area contributed by atoms with Gasteiger partial charge in [0.2, 0.25) is 0 Å². The molecule has 1 aromatic carbocycles. The quantitative estimate of drug-likeness (QED) is 0.522. The zero-order valence-electron chi connectivity index (χ0n) is 17.6. The van der Waals surface area contributed by atoms with E-state index >= 15 is 0 Å². The Morgan fingerprint density at radius 2 is 1.97 bits per heavy atom. The SMILES string of the molecule is COc1cc(C(CNc2cnc(C)nc2C)[P+]2(O)NC(C)=C(C)O2)cc(C)c1O. The van der Waals surface area contributed by atoms with Gasteiger partial charge in [-0.15, -0.1) is 0 Å². The Morgan fingerprint density at radius 3 is 2.55 bits per heavy atom. The number of phenols is 1. The Bertz CT molecular complexity index is 950. The molecule has 2 unspecified atom stereocenters. The minimum Gasteiger partial charge on any atom is -0.504 e. The summed E-state index contributed by atoms with van der Waals surface area (Å²) < 4.78 is 11.2. The summed E-state index contributed by atoms with van der Waals surface area (Å²) >= 11 is 0.